The average molecular weight is 423 g/mol. The summed E-state index contributed by atoms with van der Waals surface area (Å²) in [5.41, 5.74) is 9.78. The van der Waals surface area contributed by atoms with Crippen LogP contribution in [0.15, 0.2) is 36.5 Å². The van der Waals surface area contributed by atoms with Gasteiger partial charge in [-0.15, -0.1) is 10.2 Å². The van der Waals surface area contributed by atoms with Crippen molar-refractivity contribution in [3.63, 3.8) is 0 Å². The number of carbonyl (C=O) groups is 2. The Morgan fingerprint density at radius 1 is 1.06 bits per heavy atom. The van der Waals surface area contributed by atoms with E-state index in [1.807, 2.05) is 24.4 Å². The Morgan fingerprint density at radius 3 is 2.55 bits per heavy atom. The number of benzene rings is 1. The number of unbranched alkanes of at least 4 members (excludes halogenated alkanes) is 2. The Balaban J connectivity index is 1.59. The molecule has 31 heavy (non-hydrogen) atoms. The highest BCUT2D eigenvalue weighted by Crippen LogP contribution is 2.30. The van der Waals surface area contributed by atoms with Crippen LogP contribution < -0.4 is 5.73 Å². The van der Waals surface area contributed by atoms with Gasteiger partial charge in [0.05, 0.1) is 6.42 Å². The summed E-state index contributed by atoms with van der Waals surface area (Å²) in [6.07, 6.45) is 9.45. The highest BCUT2D eigenvalue weighted by molar-refractivity contribution is 6.43. The largest absolute Gasteiger partial charge is 0.399 e. The van der Waals surface area contributed by atoms with Gasteiger partial charge in [-0.25, -0.2) is 0 Å². The normalized spacial score (nSPS) is 12.0. The average Bonchev–Trinajstić information content (AvgIpc) is 3.46. The molecular formula is C23H30N6O2. The maximum Gasteiger partial charge on any atom is 0.269 e. The number of carbonyl (C=O) groups excluding carboxylic acids is 2. The highest BCUT2D eigenvalue weighted by atomic mass is 16.2. The van der Waals surface area contributed by atoms with Crippen LogP contribution in [0.2, 0.25) is 0 Å². The molecule has 164 valence electrons. The molecule has 8 heteroatoms. The lowest BCUT2D eigenvalue weighted by Gasteiger charge is -2.18. The predicted molar refractivity (Wildman–Crippen MR) is 119 cm³/mol. The molecule has 0 aliphatic rings. The lowest BCUT2D eigenvalue weighted by molar-refractivity contribution is -0.114. The van der Waals surface area contributed by atoms with Gasteiger partial charge in [-0.3, -0.25) is 9.59 Å². The lowest BCUT2D eigenvalue weighted by Crippen LogP contribution is -2.19. The summed E-state index contributed by atoms with van der Waals surface area (Å²) in [7, 11) is 0. The second-order valence-corrected chi connectivity index (χ2v) is 7.90. The number of nitrogens with two attached hydrogens (primary N) is 1. The summed E-state index contributed by atoms with van der Waals surface area (Å²) < 4.78 is 0. The Morgan fingerprint density at radius 2 is 1.84 bits per heavy atom. The third-order valence-corrected chi connectivity index (χ3v) is 5.60. The molecule has 2 heterocycles. The van der Waals surface area contributed by atoms with E-state index in [9.17, 15) is 9.59 Å². The van der Waals surface area contributed by atoms with Gasteiger partial charge in [0, 0.05) is 17.6 Å². The lowest BCUT2D eigenvalue weighted by atomic mass is 9.87. The third kappa shape index (κ3) is 6.34. The van der Waals surface area contributed by atoms with Crippen molar-refractivity contribution in [1.82, 2.24) is 25.6 Å². The van der Waals surface area contributed by atoms with E-state index in [-0.39, 0.29) is 12.2 Å². The fraction of sp³-hybridized carbons (Fsp3) is 0.435. The van der Waals surface area contributed by atoms with E-state index >= 15 is 0 Å². The molecule has 3 rings (SSSR count). The maximum atomic E-state index is 12.4. The van der Waals surface area contributed by atoms with Gasteiger partial charge in [0.2, 0.25) is 11.6 Å². The number of Topliss-reactive ketones (excluding diaryl/α,β-unsaturated/α-hetero) is 2. The molecule has 0 aliphatic heterocycles. The fourth-order valence-electron chi connectivity index (χ4n) is 3.89. The molecule has 8 nitrogen and oxygen atoms in total. The van der Waals surface area contributed by atoms with Crippen LogP contribution in [0, 0.1) is 0 Å². The molecule has 0 spiro atoms. The van der Waals surface area contributed by atoms with E-state index in [0.29, 0.717) is 5.92 Å². The molecule has 3 aromatic rings. The van der Waals surface area contributed by atoms with Gasteiger partial charge in [0.15, 0.2) is 0 Å². The second-order valence-electron chi connectivity index (χ2n) is 7.90. The van der Waals surface area contributed by atoms with Gasteiger partial charge in [-0.1, -0.05) is 38.3 Å². The monoisotopic (exact) mass is 422 g/mol. The van der Waals surface area contributed by atoms with Crippen LogP contribution in [0.1, 0.15) is 78.8 Å². The number of hydrogen-bond acceptors (Lipinski definition) is 6. The van der Waals surface area contributed by atoms with E-state index in [4.69, 9.17) is 5.73 Å². The van der Waals surface area contributed by atoms with E-state index in [2.05, 4.69) is 44.7 Å². The molecule has 1 aromatic carbocycles. The van der Waals surface area contributed by atoms with Crippen molar-refractivity contribution >= 4 is 17.3 Å². The summed E-state index contributed by atoms with van der Waals surface area (Å²) in [6.45, 7) is 2.18. The number of aromatic amines is 2. The zero-order valence-corrected chi connectivity index (χ0v) is 17.9. The first-order valence-corrected chi connectivity index (χ1v) is 10.9. The van der Waals surface area contributed by atoms with Crippen molar-refractivity contribution < 1.29 is 9.59 Å². The first kappa shape index (κ1) is 22.4. The zero-order chi connectivity index (χ0) is 22.1. The predicted octanol–water partition coefficient (Wildman–Crippen LogP) is 3.79. The van der Waals surface area contributed by atoms with Crippen LogP contribution in [0.5, 0.6) is 0 Å². The van der Waals surface area contributed by atoms with Crippen molar-refractivity contribution in [2.75, 3.05) is 5.73 Å². The molecule has 2 aromatic heterocycles. The maximum absolute atomic E-state index is 12.4. The molecule has 1 atom stereocenters. The number of hydrogen-bond donors (Lipinski definition) is 3. The molecule has 1 unspecified atom stereocenters. The van der Waals surface area contributed by atoms with Crippen LogP contribution in [0.3, 0.4) is 0 Å². The number of tetrazole rings is 1. The Hall–Kier alpha value is -3.29. The van der Waals surface area contributed by atoms with Crippen LogP contribution in [-0.4, -0.2) is 37.2 Å². The van der Waals surface area contributed by atoms with E-state index in [1.165, 1.54) is 5.56 Å². The van der Waals surface area contributed by atoms with Crippen molar-refractivity contribution in [1.29, 1.82) is 0 Å². The third-order valence-electron chi connectivity index (χ3n) is 5.60. The SMILES string of the molecule is CCCCC(CCCCc1ccc(N)cc1)c1cc[nH]c1CC(=O)C(=O)c1nn[nH]n1. The smallest absolute Gasteiger partial charge is 0.269 e. The minimum Gasteiger partial charge on any atom is -0.399 e. The Bertz CT molecular complexity index is 962. The first-order valence-electron chi connectivity index (χ1n) is 10.9. The van der Waals surface area contributed by atoms with E-state index < -0.39 is 11.6 Å². The number of aryl methyl sites for hydroxylation is 1. The molecule has 0 fully saturated rings. The summed E-state index contributed by atoms with van der Waals surface area (Å²) in [5.74, 6) is -1.09. The summed E-state index contributed by atoms with van der Waals surface area (Å²) in [4.78, 5) is 27.8. The van der Waals surface area contributed by atoms with Gasteiger partial charge in [-0.05, 0) is 66.1 Å². The zero-order valence-electron chi connectivity index (χ0n) is 17.9. The first-order chi connectivity index (χ1) is 15.1. The number of aromatic nitrogens is 5. The molecular weight excluding hydrogens is 392 g/mol. The standard InChI is InChI=1S/C23H30N6O2/c1-2-3-7-17(8-5-4-6-16-9-11-18(24)12-10-16)19-13-14-25-20(19)15-21(30)22(31)23-26-28-29-27-23/h9-14,17,25H,2-8,15,24H2,1H3,(H,26,27,28,29). The number of ketones is 2. The van der Waals surface area contributed by atoms with Gasteiger partial charge < -0.3 is 10.7 Å². The summed E-state index contributed by atoms with van der Waals surface area (Å²) >= 11 is 0. The van der Waals surface area contributed by atoms with Crippen molar-refractivity contribution in [3.05, 3.63) is 59.2 Å². The number of rotatable bonds is 13. The molecule has 0 bridgehead atoms. The molecule has 0 radical (unpaired) electrons. The van der Waals surface area contributed by atoms with Gasteiger partial charge in [0.1, 0.15) is 0 Å². The number of nitrogens with zero attached hydrogens (tertiary/aromatic N) is 3. The minimum atomic E-state index is -0.720. The van der Waals surface area contributed by atoms with Gasteiger partial charge >= 0.3 is 0 Å². The Kier molecular flexibility index (Phi) is 8.09. The van der Waals surface area contributed by atoms with Crippen LogP contribution in [-0.2, 0) is 17.6 Å². The van der Waals surface area contributed by atoms with Crippen LogP contribution in [0.4, 0.5) is 5.69 Å². The van der Waals surface area contributed by atoms with Crippen molar-refractivity contribution in [2.45, 2.75) is 64.2 Å². The van der Waals surface area contributed by atoms with E-state index in [0.717, 1.165) is 61.9 Å². The van der Waals surface area contributed by atoms with Crippen LogP contribution >= 0.6 is 0 Å². The fourth-order valence-corrected chi connectivity index (χ4v) is 3.89. The van der Waals surface area contributed by atoms with Crippen molar-refractivity contribution in [2.24, 2.45) is 0 Å². The molecule has 0 saturated heterocycles. The molecule has 0 saturated carbocycles. The second kappa shape index (κ2) is 11.2. The summed E-state index contributed by atoms with van der Waals surface area (Å²) in [5, 5.41) is 12.8. The van der Waals surface area contributed by atoms with Gasteiger partial charge in [-0.2, -0.15) is 5.21 Å². The topological polar surface area (TPSA) is 130 Å². The number of nitrogens with one attached hydrogen (secondary N) is 2. The molecule has 0 amide bonds. The number of anilines is 1. The molecule has 0 aliphatic carbocycles. The number of H-pyrrole nitrogens is 2. The molecule has 4 N–H and O–H groups in total. The van der Waals surface area contributed by atoms with Crippen LogP contribution in [0.25, 0.3) is 0 Å². The summed E-state index contributed by atoms with van der Waals surface area (Å²) in [6, 6.07) is 10.1. The Labute approximate surface area is 182 Å². The highest BCUT2D eigenvalue weighted by Gasteiger charge is 2.24. The van der Waals surface area contributed by atoms with Gasteiger partial charge in [0.25, 0.3) is 5.78 Å². The quantitative estimate of drug-likeness (QED) is 0.166. The number of nitrogen functional groups attached to an aromatic ring is 1. The minimum absolute atomic E-state index is 0.0176. The van der Waals surface area contributed by atoms with Crippen molar-refractivity contribution in [3.8, 4) is 0 Å². The van der Waals surface area contributed by atoms with E-state index in [1.54, 1.807) is 0 Å².